The predicted octanol–water partition coefficient (Wildman–Crippen LogP) is 2.66. The first-order valence-electron chi connectivity index (χ1n) is 9.38. The Balaban J connectivity index is 1.52. The van der Waals surface area contributed by atoms with E-state index in [1.807, 2.05) is 22.9 Å². The minimum atomic E-state index is -4.28. The van der Waals surface area contributed by atoms with Gasteiger partial charge in [0.15, 0.2) is 6.61 Å². The standard InChI is InChI=1S/C21H21FN2O6S/c1-13(18-11-15-7-3-5-9-17(15)30-18)23-20(25)12-29-21(26)14(2)24-31(27,28)19-10-6-4-8-16(19)22/h3-11,13-14,24H,12H2,1-2H3,(H,23,25)/t13-,14-/m0/s1. The van der Waals surface area contributed by atoms with Crippen LogP contribution in [0.15, 0.2) is 63.9 Å². The quantitative estimate of drug-likeness (QED) is 0.512. The van der Waals surface area contributed by atoms with Crippen molar-refractivity contribution < 1.29 is 31.6 Å². The van der Waals surface area contributed by atoms with Gasteiger partial charge >= 0.3 is 5.97 Å². The number of furan rings is 1. The minimum Gasteiger partial charge on any atom is -0.459 e. The summed E-state index contributed by atoms with van der Waals surface area (Å²) in [5.41, 5.74) is 0.681. The average molecular weight is 448 g/mol. The van der Waals surface area contributed by atoms with Crippen molar-refractivity contribution in [1.82, 2.24) is 10.0 Å². The van der Waals surface area contributed by atoms with Crippen molar-refractivity contribution in [2.45, 2.75) is 30.8 Å². The molecule has 3 rings (SSSR count). The molecule has 1 aromatic heterocycles. The van der Waals surface area contributed by atoms with Gasteiger partial charge in [-0.25, -0.2) is 12.8 Å². The van der Waals surface area contributed by atoms with E-state index in [-0.39, 0.29) is 0 Å². The molecule has 0 aliphatic carbocycles. The summed E-state index contributed by atoms with van der Waals surface area (Å²) < 4.78 is 50.8. The Kier molecular flexibility index (Phi) is 6.71. The molecule has 0 aliphatic heterocycles. The fraction of sp³-hybridized carbons (Fsp3) is 0.238. The van der Waals surface area contributed by atoms with Gasteiger partial charge in [-0.1, -0.05) is 30.3 Å². The lowest BCUT2D eigenvalue weighted by Crippen LogP contribution is -2.41. The first-order chi connectivity index (χ1) is 14.7. The highest BCUT2D eigenvalue weighted by Gasteiger charge is 2.26. The van der Waals surface area contributed by atoms with E-state index < -0.39 is 51.3 Å². The van der Waals surface area contributed by atoms with E-state index in [1.165, 1.54) is 19.1 Å². The molecular weight excluding hydrogens is 427 g/mol. The number of ether oxygens (including phenoxy) is 1. The largest absolute Gasteiger partial charge is 0.459 e. The molecule has 1 amide bonds. The lowest BCUT2D eigenvalue weighted by atomic mass is 10.2. The Hall–Kier alpha value is -3.24. The van der Waals surface area contributed by atoms with Crippen molar-refractivity contribution in [3.05, 3.63) is 66.2 Å². The Morgan fingerprint density at radius 3 is 2.48 bits per heavy atom. The number of para-hydroxylation sites is 1. The third kappa shape index (κ3) is 5.47. The normalized spacial score (nSPS) is 13.5. The van der Waals surface area contributed by atoms with Crippen molar-refractivity contribution in [2.24, 2.45) is 0 Å². The highest BCUT2D eigenvalue weighted by Crippen LogP contribution is 2.23. The molecule has 10 heteroatoms. The SMILES string of the molecule is C[C@H](NS(=O)(=O)c1ccccc1F)C(=O)OCC(=O)N[C@@H](C)c1cc2ccccc2o1. The number of esters is 1. The summed E-state index contributed by atoms with van der Waals surface area (Å²) >= 11 is 0. The van der Waals surface area contributed by atoms with Crippen LogP contribution in [0, 0.1) is 5.82 Å². The van der Waals surface area contributed by atoms with Gasteiger partial charge in [0.2, 0.25) is 10.0 Å². The Morgan fingerprint density at radius 2 is 1.77 bits per heavy atom. The third-order valence-electron chi connectivity index (χ3n) is 4.41. The number of hydrogen-bond donors (Lipinski definition) is 2. The lowest BCUT2D eigenvalue weighted by molar-refractivity contribution is -0.150. The van der Waals surface area contributed by atoms with Crippen molar-refractivity contribution >= 4 is 32.9 Å². The summed E-state index contributed by atoms with van der Waals surface area (Å²) in [5.74, 6) is -1.99. The first-order valence-corrected chi connectivity index (χ1v) is 10.9. The molecule has 0 bridgehead atoms. The van der Waals surface area contributed by atoms with Crippen LogP contribution in [0.25, 0.3) is 11.0 Å². The molecule has 2 aromatic carbocycles. The van der Waals surface area contributed by atoms with E-state index in [9.17, 15) is 22.4 Å². The van der Waals surface area contributed by atoms with Crippen molar-refractivity contribution in [2.75, 3.05) is 6.61 Å². The molecule has 8 nitrogen and oxygen atoms in total. The number of halogens is 1. The average Bonchev–Trinajstić information content (AvgIpc) is 3.16. The van der Waals surface area contributed by atoms with Crippen LogP contribution in [0.3, 0.4) is 0 Å². The molecule has 2 N–H and O–H groups in total. The van der Waals surface area contributed by atoms with Crippen LogP contribution in [0.2, 0.25) is 0 Å². The summed E-state index contributed by atoms with van der Waals surface area (Å²) in [5, 5.41) is 3.52. The molecule has 0 spiro atoms. The van der Waals surface area contributed by atoms with Gasteiger partial charge in [0.25, 0.3) is 5.91 Å². The van der Waals surface area contributed by atoms with E-state index in [1.54, 1.807) is 19.1 Å². The van der Waals surface area contributed by atoms with Crippen LogP contribution >= 0.6 is 0 Å². The second kappa shape index (κ2) is 9.27. The van der Waals surface area contributed by atoms with E-state index in [0.29, 0.717) is 11.3 Å². The number of rotatable bonds is 8. The molecule has 0 radical (unpaired) electrons. The minimum absolute atomic E-state index is 0.476. The van der Waals surface area contributed by atoms with E-state index >= 15 is 0 Å². The molecule has 1 heterocycles. The summed E-state index contributed by atoms with van der Waals surface area (Å²) in [7, 11) is -4.28. The van der Waals surface area contributed by atoms with E-state index in [0.717, 1.165) is 17.5 Å². The Morgan fingerprint density at radius 1 is 1.10 bits per heavy atom. The zero-order valence-corrected chi connectivity index (χ0v) is 17.6. The van der Waals surface area contributed by atoms with Crippen LogP contribution in [-0.4, -0.2) is 32.9 Å². The summed E-state index contributed by atoms with van der Waals surface area (Å²) in [4.78, 5) is 23.6. The number of hydrogen-bond acceptors (Lipinski definition) is 6. The van der Waals surface area contributed by atoms with Gasteiger partial charge in [-0.3, -0.25) is 9.59 Å². The molecule has 164 valence electrons. The van der Waals surface area contributed by atoms with Gasteiger partial charge in [-0.15, -0.1) is 0 Å². The zero-order chi connectivity index (χ0) is 22.6. The first kappa shape index (κ1) is 22.4. The number of sulfonamides is 1. The second-order valence-electron chi connectivity index (χ2n) is 6.86. The van der Waals surface area contributed by atoms with Crippen LogP contribution in [-0.2, 0) is 24.3 Å². The molecule has 31 heavy (non-hydrogen) atoms. The summed E-state index contributed by atoms with van der Waals surface area (Å²) in [6, 6.07) is 12.1. The molecule has 0 saturated carbocycles. The van der Waals surface area contributed by atoms with Gasteiger partial charge in [0.05, 0.1) is 6.04 Å². The molecular formula is C21H21FN2O6S. The van der Waals surface area contributed by atoms with Gasteiger partial charge in [0, 0.05) is 5.39 Å². The molecule has 2 atom stereocenters. The second-order valence-corrected chi connectivity index (χ2v) is 8.54. The third-order valence-corrected chi connectivity index (χ3v) is 5.98. The maximum absolute atomic E-state index is 13.7. The molecule has 3 aromatic rings. The predicted molar refractivity (Wildman–Crippen MR) is 110 cm³/mol. The Bertz CT molecular complexity index is 1170. The van der Waals surface area contributed by atoms with Crippen LogP contribution < -0.4 is 10.0 Å². The number of amides is 1. The van der Waals surface area contributed by atoms with Crippen molar-refractivity contribution in [3.8, 4) is 0 Å². The van der Waals surface area contributed by atoms with E-state index in [4.69, 9.17) is 9.15 Å². The Labute approximate surface area is 178 Å². The summed E-state index contributed by atoms with van der Waals surface area (Å²) in [6.45, 7) is 2.33. The number of fused-ring (bicyclic) bond motifs is 1. The highest BCUT2D eigenvalue weighted by molar-refractivity contribution is 7.89. The molecule has 0 unspecified atom stereocenters. The topological polar surface area (TPSA) is 115 Å². The van der Waals surface area contributed by atoms with Crippen LogP contribution in [0.4, 0.5) is 4.39 Å². The van der Waals surface area contributed by atoms with Gasteiger partial charge < -0.3 is 14.5 Å². The fourth-order valence-electron chi connectivity index (χ4n) is 2.84. The number of carbonyl (C=O) groups excluding carboxylic acids is 2. The maximum Gasteiger partial charge on any atom is 0.324 e. The molecule has 0 fully saturated rings. The van der Waals surface area contributed by atoms with Crippen LogP contribution in [0.1, 0.15) is 25.6 Å². The zero-order valence-electron chi connectivity index (χ0n) is 16.8. The van der Waals surface area contributed by atoms with Gasteiger partial charge in [0.1, 0.15) is 28.1 Å². The fourth-order valence-corrected chi connectivity index (χ4v) is 4.11. The lowest BCUT2D eigenvalue weighted by Gasteiger charge is -2.15. The highest BCUT2D eigenvalue weighted by atomic mass is 32.2. The smallest absolute Gasteiger partial charge is 0.324 e. The number of nitrogens with one attached hydrogen (secondary N) is 2. The van der Waals surface area contributed by atoms with Crippen molar-refractivity contribution in [1.29, 1.82) is 0 Å². The van der Waals surface area contributed by atoms with Crippen molar-refractivity contribution in [3.63, 3.8) is 0 Å². The van der Waals surface area contributed by atoms with E-state index in [2.05, 4.69) is 5.32 Å². The van der Waals surface area contributed by atoms with Crippen LogP contribution in [0.5, 0.6) is 0 Å². The molecule has 0 saturated heterocycles. The molecule has 0 aliphatic rings. The monoisotopic (exact) mass is 448 g/mol. The maximum atomic E-state index is 13.7. The number of benzene rings is 2. The van der Waals surface area contributed by atoms with Gasteiger partial charge in [-0.2, -0.15) is 4.72 Å². The number of carbonyl (C=O) groups is 2. The summed E-state index contributed by atoms with van der Waals surface area (Å²) in [6.07, 6.45) is 0. The van der Waals surface area contributed by atoms with Gasteiger partial charge in [-0.05, 0) is 38.1 Å².